The van der Waals surface area contributed by atoms with Gasteiger partial charge in [0.15, 0.2) is 0 Å². The van der Waals surface area contributed by atoms with Crippen molar-refractivity contribution in [3.63, 3.8) is 0 Å². The van der Waals surface area contributed by atoms with Crippen molar-refractivity contribution in [1.29, 1.82) is 0 Å². The lowest BCUT2D eigenvalue weighted by atomic mass is 10.0. The van der Waals surface area contributed by atoms with E-state index >= 15 is 0 Å². The molecule has 140 valence electrons. The summed E-state index contributed by atoms with van der Waals surface area (Å²) < 4.78 is 0. The van der Waals surface area contributed by atoms with Crippen LogP contribution in [0.1, 0.15) is 39.0 Å². The van der Waals surface area contributed by atoms with E-state index in [2.05, 4.69) is 23.8 Å². The van der Waals surface area contributed by atoms with Gasteiger partial charge in [0, 0.05) is 30.8 Å². The maximum absolute atomic E-state index is 12.7. The van der Waals surface area contributed by atoms with Crippen molar-refractivity contribution in [2.75, 3.05) is 11.9 Å². The van der Waals surface area contributed by atoms with Crippen LogP contribution in [-0.4, -0.2) is 18.4 Å². The molecule has 27 heavy (non-hydrogen) atoms. The minimum absolute atomic E-state index is 0.176. The Morgan fingerprint density at radius 3 is 2.59 bits per heavy atom. The number of benzene rings is 2. The highest BCUT2D eigenvalue weighted by Crippen LogP contribution is 2.19. The van der Waals surface area contributed by atoms with Crippen LogP contribution in [0.5, 0.6) is 0 Å². The minimum Gasteiger partial charge on any atom is -0.348 e. The Morgan fingerprint density at radius 2 is 1.93 bits per heavy atom. The lowest BCUT2D eigenvalue weighted by molar-refractivity contribution is -0.116. The summed E-state index contributed by atoms with van der Waals surface area (Å²) in [6, 6.07) is 11.1. The topological polar surface area (TPSA) is 84.2 Å². The monoisotopic (exact) mass is 363 g/mol. The first-order valence-electron chi connectivity index (χ1n) is 8.75. The Balaban J connectivity index is 2.15. The van der Waals surface area contributed by atoms with E-state index in [0.29, 0.717) is 17.8 Å². The van der Waals surface area contributed by atoms with Gasteiger partial charge in [0.2, 0.25) is 5.91 Å². The largest absolute Gasteiger partial charge is 0.348 e. The molecule has 0 bridgehead atoms. The summed E-state index contributed by atoms with van der Waals surface area (Å²) in [5.41, 5.74) is 10.2. The van der Waals surface area contributed by atoms with Crippen LogP contribution in [0.2, 0.25) is 0 Å². The second-order valence-corrected chi connectivity index (χ2v) is 6.13. The molecule has 5 nitrogen and oxygen atoms in total. The number of nitrogens with one attached hydrogen (secondary N) is 2. The second kappa shape index (κ2) is 9.50. The predicted molar refractivity (Wildman–Crippen MR) is 111 cm³/mol. The normalized spacial score (nSPS) is 10.1. The van der Waals surface area contributed by atoms with Crippen LogP contribution >= 0.6 is 0 Å². The Bertz CT molecular complexity index is 872. The number of hydrogen-bond donors (Lipinski definition) is 3. The molecule has 0 aromatic heterocycles. The van der Waals surface area contributed by atoms with E-state index in [4.69, 9.17) is 5.73 Å². The SMILES string of the molecule is C=Cc1cccc(CNC(=O)c2cc(NC(=O)CCN)ccc2C)c1C=C. The van der Waals surface area contributed by atoms with Gasteiger partial charge in [-0.1, -0.05) is 49.6 Å². The molecule has 2 aromatic rings. The maximum atomic E-state index is 12.7. The predicted octanol–water partition coefficient (Wildman–Crippen LogP) is 3.50. The summed E-state index contributed by atoms with van der Waals surface area (Å²) in [6.45, 7) is 10.1. The molecule has 0 aliphatic carbocycles. The molecule has 0 radical (unpaired) electrons. The average molecular weight is 363 g/mol. The van der Waals surface area contributed by atoms with Crippen molar-refractivity contribution < 1.29 is 9.59 Å². The first-order chi connectivity index (χ1) is 13.0. The number of carbonyl (C=O) groups is 2. The van der Waals surface area contributed by atoms with Crippen LogP contribution in [0.15, 0.2) is 49.6 Å². The average Bonchev–Trinajstić information content (AvgIpc) is 2.67. The van der Waals surface area contributed by atoms with Gasteiger partial charge in [0.1, 0.15) is 0 Å². The maximum Gasteiger partial charge on any atom is 0.251 e. The van der Waals surface area contributed by atoms with Gasteiger partial charge in [-0.3, -0.25) is 9.59 Å². The van der Waals surface area contributed by atoms with Crippen molar-refractivity contribution in [2.45, 2.75) is 19.9 Å². The van der Waals surface area contributed by atoms with Crippen LogP contribution in [0.25, 0.3) is 12.2 Å². The van der Waals surface area contributed by atoms with E-state index < -0.39 is 0 Å². The van der Waals surface area contributed by atoms with Crippen molar-refractivity contribution >= 4 is 29.7 Å². The number of rotatable bonds is 8. The lowest BCUT2D eigenvalue weighted by Crippen LogP contribution is -2.24. The number of nitrogens with two attached hydrogens (primary N) is 1. The third-order valence-electron chi connectivity index (χ3n) is 4.23. The van der Waals surface area contributed by atoms with Crippen molar-refractivity contribution in [1.82, 2.24) is 5.32 Å². The Hall–Kier alpha value is -3.18. The fourth-order valence-corrected chi connectivity index (χ4v) is 2.78. The van der Waals surface area contributed by atoms with Crippen LogP contribution in [0.4, 0.5) is 5.69 Å². The van der Waals surface area contributed by atoms with Gasteiger partial charge in [0.05, 0.1) is 0 Å². The Kier molecular flexibility index (Phi) is 7.08. The zero-order valence-electron chi connectivity index (χ0n) is 15.5. The molecule has 0 atom stereocenters. The highest BCUT2D eigenvalue weighted by molar-refractivity contribution is 5.98. The van der Waals surface area contributed by atoms with Crippen LogP contribution < -0.4 is 16.4 Å². The molecule has 0 fully saturated rings. The molecular weight excluding hydrogens is 338 g/mol. The van der Waals surface area contributed by atoms with Gasteiger partial charge in [-0.25, -0.2) is 0 Å². The zero-order valence-corrected chi connectivity index (χ0v) is 15.5. The molecule has 0 aliphatic heterocycles. The minimum atomic E-state index is -0.207. The summed E-state index contributed by atoms with van der Waals surface area (Å²) in [4.78, 5) is 24.4. The quantitative estimate of drug-likeness (QED) is 0.671. The van der Waals surface area contributed by atoms with Gasteiger partial charge in [0.25, 0.3) is 5.91 Å². The molecule has 0 heterocycles. The van der Waals surface area contributed by atoms with Gasteiger partial charge >= 0.3 is 0 Å². The lowest BCUT2D eigenvalue weighted by Gasteiger charge is -2.13. The smallest absolute Gasteiger partial charge is 0.251 e. The molecule has 2 rings (SSSR count). The molecule has 0 saturated carbocycles. The van der Waals surface area contributed by atoms with Crippen molar-refractivity contribution in [3.8, 4) is 0 Å². The number of carbonyl (C=O) groups excluding carboxylic acids is 2. The first-order valence-corrected chi connectivity index (χ1v) is 8.75. The van der Waals surface area contributed by atoms with E-state index in [1.807, 2.05) is 25.1 Å². The highest BCUT2D eigenvalue weighted by atomic mass is 16.2. The van der Waals surface area contributed by atoms with Crippen molar-refractivity contribution in [2.24, 2.45) is 5.73 Å². The number of aryl methyl sites for hydroxylation is 1. The van der Waals surface area contributed by atoms with Crippen LogP contribution in [0.3, 0.4) is 0 Å². The van der Waals surface area contributed by atoms with Crippen molar-refractivity contribution in [3.05, 3.63) is 77.4 Å². The Morgan fingerprint density at radius 1 is 1.15 bits per heavy atom. The number of hydrogen-bond acceptors (Lipinski definition) is 3. The Labute approximate surface area is 160 Å². The summed E-state index contributed by atoms with van der Waals surface area (Å²) in [7, 11) is 0. The second-order valence-electron chi connectivity index (χ2n) is 6.13. The molecule has 2 amide bonds. The summed E-state index contributed by atoms with van der Waals surface area (Å²) in [6.07, 6.45) is 3.76. The van der Waals surface area contributed by atoms with E-state index in [1.54, 1.807) is 30.4 Å². The van der Waals surface area contributed by atoms with Gasteiger partial charge in [-0.05, 0) is 41.3 Å². The summed E-state index contributed by atoms with van der Waals surface area (Å²) in [5, 5.41) is 5.68. The van der Waals surface area contributed by atoms with Crippen LogP contribution in [-0.2, 0) is 11.3 Å². The first kappa shape index (κ1) is 20.1. The molecule has 2 aromatic carbocycles. The molecule has 4 N–H and O–H groups in total. The molecule has 0 unspecified atom stereocenters. The van der Waals surface area contributed by atoms with E-state index in [1.165, 1.54) is 0 Å². The third kappa shape index (κ3) is 5.15. The number of anilines is 1. The van der Waals surface area contributed by atoms with Gasteiger partial charge < -0.3 is 16.4 Å². The standard InChI is InChI=1S/C22H25N3O2/c1-4-16-7-6-8-17(19(16)5-2)14-24-22(27)20-13-18(10-9-15(20)3)25-21(26)11-12-23/h4-10,13H,1-2,11-12,14,23H2,3H3,(H,24,27)(H,25,26). The van der Waals surface area contributed by atoms with E-state index in [9.17, 15) is 9.59 Å². The fraction of sp³-hybridized carbons (Fsp3) is 0.182. The van der Waals surface area contributed by atoms with Crippen LogP contribution in [0, 0.1) is 6.92 Å². The van der Waals surface area contributed by atoms with E-state index in [0.717, 1.165) is 22.3 Å². The van der Waals surface area contributed by atoms with Gasteiger partial charge in [-0.2, -0.15) is 0 Å². The fourth-order valence-electron chi connectivity index (χ4n) is 2.78. The zero-order chi connectivity index (χ0) is 19.8. The number of amides is 2. The molecule has 0 aliphatic rings. The third-order valence-corrected chi connectivity index (χ3v) is 4.23. The summed E-state index contributed by atoms with van der Waals surface area (Å²) in [5.74, 6) is -0.383. The van der Waals surface area contributed by atoms with Gasteiger partial charge in [-0.15, -0.1) is 0 Å². The molecule has 0 spiro atoms. The molecule has 5 heteroatoms. The molecular formula is C22H25N3O2. The van der Waals surface area contributed by atoms with E-state index in [-0.39, 0.29) is 24.8 Å². The highest BCUT2D eigenvalue weighted by Gasteiger charge is 2.12. The summed E-state index contributed by atoms with van der Waals surface area (Å²) >= 11 is 0. The molecule has 0 saturated heterocycles.